The van der Waals surface area contributed by atoms with Crippen LogP contribution in [0.3, 0.4) is 0 Å². The van der Waals surface area contributed by atoms with Crippen LogP contribution < -0.4 is 10.2 Å². The van der Waals surface area contributed by atoms with Crippen molar-refractivity contribution in [3.8, 4) is 16.9 Å². The topological polar surface area (TPSA) is 50.2 Å². The molecule has 33 heavy (non-hydrogen) atoms. The van der Waals surface area contributed by atoms with Gasteiger partial charge in [-0.1, -0.05) is 23.8 Å². The Bertz CT molecular complexity index is 1330. The molecule has 0 fully saturated rings. The molecule has 0 aliphatic carbocycles. The van der Waals surface area contributed by atoms with Gasteiger partial charge in [0.2, 0.25) is 5.91 Å². The van der Waals surface area contributed by atoms with Crippen molar-refractivity contribution < 1.29 is 9.18 Å². The van der Waals surface area contributed by atoms with Gasteiger partial charge in [-0.25, -0.2) is 9.07 Å². The molecule has 4 aromatic rings. The van der Waals surface area contributed by atoms with E-state index in [0.29, 0.717) is 6.54 Å². The van der Waals surface area contributed by atoms with E-state index < -0.39 is 0 Å². The summed E-state index contributed by atoms with van der Waals surface area (Å²) in [7, 11) is 0. The van der Waals surface area contributed by atoms with Crippen LogP contribution in [0, 0.1) is 12.7 Å². The van der Waals surface area contributed by atoms with E-state index in [0.717, 1.165) is 52.4 Å². The predicted molar refractivity (Wildman–Crippen MR) is 129 cm³/mol. The van der Waals surface area contributed by atoms with Gasteiger partial charge in [-0.15, -0.1) is 0 Å². The van der Waals surface area contributed by atoms with Crippen LogP contribution >= 0.6 is 0 Å². The van der Waals surface area contributed by atoms with Crippen LogP contribution in [0.4, 0.5) is 15.8 Å². The lowest BCUT2D eigenvalue weighted by Gasteiger charge is -2.15. The second kappa shape index (κ2) is 8.54. The fourth-order valence-corrected chi connectivity index (χ4v) is 4.34. The average molecular weight is 441 g/mol. The number of halogens is 1. The number of hydrogen-bond acceptors (Lipinski definition) is 3. The Hall–Kier alpha value is -3.93. The maximum Gasteiger partial charge on any atom is 0.223 e. The molecule has 1 aliphatic rings. The van der Waals surface area contributed by atoms with E-state index in [1.807, 2.05) is 29.3 Å². The summed E-state index contributed by atoms with van der Waals surface area (Å²) >= 11 is 0. The molecule has 5 rings (SSSR count). The Kier molecular flexibility index (Phi) is 5.42. The fourth-order valence-electron chi connectivity index (χ4n) is 4.34. The maximum absolute atomic E-state index is 13.4. The third-order valence-electron chi connectivity index (χ3n) is 6.01. The van der Waals surface area contributed by atoms with Crippen molar-refractivity contribution in [2.75, 3.05) is 16.8 Å². The second-order valence-corrected chi connectivity index (χ2v) is 8.41. The van der Waals surface area contributed by atoms with E-state index in [9.17, 15) is 9.18 Å². The highest BCUT2D eigenvalue weighted by molar-refractivity contribution is 5.94. The summed E-state index contributed by atoms with van der Waals surface area (Å²) in [5, 5.41) is 8.35. The fraction of sp³-hybridized carbons (Fsp3) is 0.185. The van der Waals surface area contributed by atoms with E-state index in [-0.39, 0.29) is 11.7 Å². The number of nitrogens with zero attached hydrogens (tertiary/aromatic N) is 3. The number of fused-ring (bicyclic) bond motifs is 1. The number of nitrogens with one attached hydrogen (secondary N) is 1. The van der Waals surface area contributed by atoms with Crippen molar-refractivity contribution in [2.45, 2.75) is 26.8 Å². The standard InChI is InChI=1S/C27H25FN4O/c1-18-4-3-5-21(14-18)27-22(17-32(30-27)25-9-6-23(28)7-10-25)16-29-24-8-11-26-20(15-24)12-13-31(26)19(2)33/h3-11,14-15,17,29H,12-13,16H2,1-2H3. The van der Waals surface area contributed by atoms with Gasteiger partial charge in [0, 0.05) is 48.7 Å². The molecule has 0 unspecified atom stereocenters. The number of carbonyl (C=O) groups is 1. The minimum atomic E-state index is -0.272. The third-order valence-corrected chi connectivity index (χ3v) is 6.01. The quantitative estimate of drug-likeness (QED) is 0.445. The van der Waals surface area contributed by atoms with Gasteiger partial charge in [0.25, 0.3) is 0 Å². The summed E-state index contributed by atoms with van der Waals surface area (Å²) in [5.41, 5.74) is 8.11. The maximum atomic E-state index is 13.4. The molecule has 1 aliphatic heterocycles. The van der Waals surface area contributed by atoms with E-state index in [1.54, 1.807) is 23.7 Å². The molecule has 5 nitrogen and oxygen atoms in total. The average Bonchev–Trinajstić information content (AvgIpc) is 3.42. The number of hydrogen-bond donors (Lipinski definition) is 1. The number of benzene rings is 3. The van der Waals surface area contributed by atoms with Crippen molar-refractivity contribution >= 4 is 17.3 Å². The molecule has 1 aromatic heterocycles. The van der Waals surface area contributed by atoms with E-state index in [4.69, 9.17) is 5.10 Å². The summed E-state index contributed by atoms with van der Waals surface area (Å²) in [6, 6.07) is 20.7. The van der Waals surface area contributed by atoms with Crippen molar-refractivity contribution in [2.24, 2.45) is 0 Å². The van der Waals surface area contributed by atoms with Crippen molar-refractivity contribution in [1.82, 2.24) is 9.78 Å². The first-order chi connectivity index (χ1) is 16.0. The van der Waals surface area contributed by atoms with E-state index >= 15 is 0 Å². The van der Waals surface area contributed by atoms with Gasteiger partial charge in [-0.2, -0.15) is 5.10 Å². The van der Waals surface area contributed by atoms with E-state index in [1.165, 1.54) is 17.7 Å². The zero-order chi connectivity index (χ0) is 22.9. The van der Waals surface area contributed by atoms with Crippen LogP contribution in [-0.4, -0.2) is 22.2 Å². The number of carbonyl (C=O) groups excluding carboxylic acids is 1. The normalized spacial score (nSPS) is 12.6. The molecule has 1 N–H and O–H groups in total. The van der Waals surface area contributed by atoms with Gasteiger partial charge in [0.05, 0.1) is 11.4 Å². The lowest BCUT2D eigenvalue weighted by atomic mass is 10.1. The molecule has 0 atom stereocenters. The third kappa shape index (κ3) is 4.24. The molecule has 0 saturated carbocycles. The zero-order valence-electron chi connectivity index (χ0n) is 18.7. The second-order valence-electron chi connectivity index (χ2n) is 8.41. The molecule has 166 valence electrons. The summed E-state index contributed by atoms with van der Waals surface area (Å²) < 4.78 is 15.2. The lowest BCUT2D eigenvalue weighted by Crippen LogP contribution is -2.25. The predicted octanol–water partition coefficient (Wildman–Crippen LogP) is 5.51. The molecule has 1 amide bonds. The zero-order valence-corrected chi connectivity index (χ0v) is 18.7. The van der Waals surface area contributed by atoms with Gasteiger partial charge >= 0.3 is 0 Å². The number of aromatic nitrogens is 2. The number of anilines is 2. The Morgan fingerprint density at radius 3 is 2.67 bits per heavy atom. The van der Waals surface area contributed by atoms with Gasteiger partial charge < -0.3 is 10.2 Å². The summed E-state index contributed by atoms with van der Waals surface area (Å²) in [6.07, 6.45) is 2.85. The van der Waals surface area contributed by atoms with Crippen LogP contribution in [0.25, 0.3) is 16.9 Å². The number of amides is 1. The SMILES string of the molecule is CC(=O)N1CCc2cc(NCc3cn(-c4ccc(F)cc4)nc3-c3cccc(C)c3)ccc21. The molecule has 2 heterocycles. The molecule has 6 heteroatoms. The van der Waals surface area contributed by atoms with Crippen molar-refractivity contribution in [3.05, 3.63) is 95.4 Å². The Labute approximate surface area is 192 Å². The van der Waals surface area contributed by atoms with Crippen LogP contribution in [0.1, 0.15) is 23.6 Å². The lowest BCUT2D eigenvalue weighted by molar-refractivity contribution is -0.116. The first kappa shape index (κ1) is 20.9. The van der Waals surface area contributed by atoms with Gasteiger partial charge in [-0.3, -0.25) is 4.79 Å². The van der Waals surface area contributed by atoms with Gasteiger partial charge in [0.15, 0.2) is 0 Å². The van der Waals surface area contributed by atoms with Crippen LogP contribution in [-0.2, 0) is 17.8 Å². The largest absolute Gasteiger partial charge is 0.381 e. The number of rotatable bonds is 5. The van der Waals surface area contributed by atoms with Crippen LogP contribution in [0.15, 0.2) is 72.9 Å². The highest BCUT2D eigenvalue weighted by Crippen LogP contribution is 2.31. The molecular weight excluding hydrogens is 415 g/mol. The van der Waals surface area contributed by atoms with Crippen molar-refractivity contribution in [3.63, 3.8) is 0 Å². The van der Waals surface area contributed by atoms with Crippen molar-refractivity contribution in [1.29, 1.82) is 0 Å². The van der Waals surface area contributed by atoms with Crippen LogP contribution in [0.2, 0.25) is 0 Å². The monoisotopic (exact) mass is 440 g/mol. The molecule has 0 radical (unpaired) electrons. The Balaban J connectivity index is 1.45. The minimum Gasteiger partial charge on any atom is -0.381 e. The highest BCUT2D eigenvalue weighted by Gasteiger charge is 2.22. The molecule has 0 bridgehead atoms. The Morgan fingerprint density at radius 2 is 1.91 bits per heavy atom. The molecule has 0 spiro atoms. The van der Waals surface area contributed by atoms with Gasteiger partial charge in [0.1, 0.15) is 5.82 Å². The molecular formula is C27H25FN4O. The van der Waals surface area contributed by atoms with Crippen LogP contribution in [0.5, 0.6) is 0 Å². The first-order valence-corrected chi connectivity index (χ1v) is 11.0. The number of aryl methyl sites for hydroxylation is 1. The summed E-state index contributed by atoms with van der Waals surface area (Å²) in [4.78, 5) is 13.6. The molecule has 3 aromatic carbocycles. The van der Waals surface area contributed by atoms with E-state index in [2.05, 4.69) is 36.5 Å². The van der Waals surface area contributed by atoms with Gasteiger partial charge in [-0.05, 0) is 67.4 Å². The smallest absolute Gasteiger partial charge is 0.223 e. The Morgan fingerprint density at radius 1 is 1.09 bits per heavy atom. The minimum absolute atomic E-state index is 0.0745. The summed E-state index contributed by atoms with van der Waals surface area (Å²) in [5.74, 6) is -0.197. The highest BCUT2D eigenvalue weighted by atomic mass is 19.1. The molecule has 0 saturated heterocycles. The summed E-state index contributed by atoms with van der Waals surface area (Å²) in [6.45, 7) is 4.98. The first-order valence-electron chi connectivity index (χ1n) is 11.0.